The number of amides is 4. The maximum Gasteiger partial charge on any atom is 0.405 e. The van der Waals surface area contributed by atoms with Gasteiger partial charge in [0.05, 0.1) is 0 Å². The zero-order valence-corrected chi connectivity index (χ0v) is 13.0. The van der Waals surface area contributed by atoms with Crippen LogP contribution in [0.15, 0.2) is 0 Å². The molecule has 1 heterocycles. The number of likely N-dealkylation sites (tertiary alicyclic amines) is 1. The normalized spacial score (nSPS) is 21.2. The van der Waals surface area contributed by atoms with Crippen molar-refractivity contribution in [3.63, 3.8) is 0 Å². The molecule has 1 spiro atoms. The number of nitrogens with zero attached hydrogens (tertiary/aromatic N) is 1. The fourth-order valence-corrected chi connectivity index (χ4v) is 3.61. The van der Waals surface area contributed by atoms with Crippen LogP contribution in [-0.2, 0) is 14.4 Å². The van der Waals surface area contributed by atoms with Gasteiger partial charge in [-0.3, -0.25) is 19.3 Å². The molecular weight excluding hydrogens is 302 g/mol. The van der Waals surface area contributed by atoms with E-state index >= 15 is 0 Å². The van der Waals surface area contributed by atoms with Crippen molar-refractivity contribution >= 4 is 23.8 Å². The van der Waals surface area contributed by atoms with Gasteiger partial charge in [-0.15, -0.1) is 0 Å². The number of carbonyl (C=O) groups is 4. The maximum absolute atomic E-state index is 12.6. The average Bonchev–Trinajstić information content (AvgIpc) is 2.79. The second-order valence-electron chi connectivity index (χ2n) is 6.56. The van der Waals surface area contributed by atoms with Crippen molar-refractivity contribution in [2.24, 2.45) is 11.1 Å². The number of hydrogen-bond acceptors (Lipinski definition) is 4. The second-order valence-corrected chi connectivity index (χ2v) is 6.56. The van der Waals surface area contributed by atoms with Gasteiger partial charge in [-0.25, -0.2) is 4.79 Å². The van der Waals surface area contributed by atoms with Crippen LogP contribution < -0.4 is 11.1 Å². The molecule has 0 radical (unpaired) electrons. The minimum absolute atomic E-state index is 0.0444. The van der Waals surface area contributed by atoms with E-state index in [0.717, 1.165) is 37.0 Å². The molecule has 2 rings (SSSR count). The summed E-state index contributed by atoms with van der Waals surface area (Å²) in [6, 6.07) is -1.12. The van der Waals surface area contributed by atoms with Gasteiger partial charge in [0.25, 0.3) is 5.91 Å². The Morgan fingerprint density at radius 1 is 1.26 bits per heavy atom. The van der Waals surface area contributed by atoms with Crippen molar-refractivity contribution in [2.45, 2.75) is 57.4 Å². The number of carboxylic acid groups (broad SMARTS) is 1. The molecule has 128 valence electrons. The molecule has 1 atom stereocenters. The Morgan fingerprint density at radius 3 is 2.48 bits per heavy atom. The number of nitrogens with two attached hydrogens (primary N) is 1. The molecule has 4 N–H and O–H groups in total. The lowest BCUT2D eigenvalue weighted by molar-refractivity contribution is -0.143. The molecule has 0 bridgehead atoms. The third-order valence-electron chi connectivity index (χ3n) is 4.78. The lowest BCUT2D eigenvalue weighted by Gasteiger charge is -2.32. The monoisotopic (exact) mass is 325 g/mol. The number of imide groups is 1. The van der Waals surface area contributed by atoms with Crippen LogP contribution in [0, 0.1) is 5.41 Å². The number of nitrogens with one attached hydrogen (secondary N) is 1. The number of rotatable bonds is 5. The number of carbonyl (C=O) groups excluding carboxylic acids is 3. The first-order valence-electron chi connectivity index (χ1n) is 7.95. The van der Waals surface area contributed by atoms with E-state index in [1.54, 1.807) is 0 Å². The minimum atomic E-state index is -1.37. The highest BCUT2D eigenvalue weighted by molar-refractivity contribution is 6.00. The third-order valence-corrected chi connectivity index (χ3v) is 4.78. The molecule has 23 heavy (non-hydrogen) atoms. The van der Waals surface area contributed by atoms with E-state index in [1.807, 2.05) is 0 Å². The Balaban J connectivity index is 2.07. The summed E-state index contributed by atoms with van der Waals surface area (Å²) in [6.45, 7) is 0.346. The predicted molar refractivity (Wildman–Crippen MR) is 80.2 cm³/mol. The summed E-state index contributed by atoms with van der Waals surface area (Å²) in [5.41, 5.74) is 4.91. The van der Waals surface area contributed by atoms with E-state index in [1.165, 1.54) is 0 Å². The standard InChI is InChI=1S/C15H23N3O5/c16-11(19)5-4-10(17-14(22)23)13(21)18-9-15(8-12(18)20)6-2-1-3-7-15/h10,17H,1-9H2,(H2,16,19)(H,22,23)/t10-/m0/s1. The molecule has 1 saturated heterocycles. The summed E-state index contributed by atoms with van der Waals surface area (Å²) in [5.74, 6) is -1.46. The van der Waals surface area contributed by atoms with Crippen LogP contribution in [0.5, 0.6) is 0 Å². The van der Waals surface area contributed by atoms with Crippen LogP contribution in [0.3, 0.4) is 0 Å². The first kappa shape index (κ1) is 17.2. The quantitative estimate of drug-likeness (QED) is 0.681. The van der Waals surface area contributed by atoms with E-state index in [0.29, 0.717) is 13.0 Å². The second kappa shape index (κ2) is 6.97. The smallest absolute Gasteiger partial charge is 0.405 e. The molecule has 1 aliphatic heterocycles. The Bertz CT molecular complexity index is 513. The van der Waals surface area contributed by atoms with Gasteiger partial charge in [0.2, 0.25) is 11.8 Å². The van der Waals surface area contributed by atoms with Gasteiger partial charge in [-0.2, -0.15) is 0 Å². The van der Waals surface area contributed by atoms with Gasteiger partial charge in [0.1, 0.15) is 6.04 Å². The lowest BCUT2D eigenvalue weighted by Crippen LogP contribution is -2.49. The molecule has 8 heteroatoms. The summed E-state index contributed by atoms with van der Waals surface area (Å²) in [4.78, 5) is 47.7. The van der Waals surface area contributed by atoms with Crippen molar-refractivity contribution in [3.05, 3.63) is 0 Å². The lowest BCUT2D eigenvalue weighted by atomic mass is 9.73. The van der Waals surface area contributed by atoms with E-state index in [9.17, 15) is 19.2 Å². The van der Waals surface area contributed by atoms with Gasteiger partial charge in [0, 0.05) is 19.4 Å². The van der Waals surface area contributed by atoms with Crippen LogP contribution in [0.2, 0.25) is 0 Å². The van der Waals surface area contributed by atoms with E-state index < -0.39 is 23.9 Å². The zero-order valence-electron chi connectivity index (χ0n) is 13.0. The topological polar surface area (TPSA) is 130 Å². The Kier molecular flexibility index (Phi) is 5.23. The van der Waals surface area contributed by atoms with Crippen molar-refractivity contribution in [3.8, 4) is 0 Å². The van der Waals surface area contributed by atoms with Gasteiger partial charge in [-0.1, -0.05) is 19.3 Å². The van der Waals surface area contributed by atoms with Crippen molar-refractivity contribution in [1.82, 2.24) is 10.2 Å². The van der Waals surface area contributed by atoms with Crippen LogP contribution in [0.4, 0.5) is 4.79 Å². The molecule has 0 aromatic rings. The molecule has 2 aliphatic rings. The van der Waals surface area contributed by atoms with Gasteiger partial charge >= 0.3 is 6.09 Å². The van der Waals surface area contributed by atoms with Crippen molar-refractivity contribution in [1.29, 1.82) is 0 Å². The van der Waals surface area contributed by atoms with Crippen molar-refractivity contribution in [2.75, 3.05) is 6.54 Å². The fraction of sp³-hybridized carbons (Fsp3) is 0.733. The molecule has 0 aromatic heterocycles. The van der Waals surface area contributed by atoms with Crippen molar-refractivity contribution < 1.29 is 24.3 Å². The summed E-state index contributed by atoms with van der Waals surface area (Å²) in [5, 5.41) is 11.0. The van der Waals surface area contributed by atoms with Gasteiger partial charge in [-0.05, 0) is 24.7 Å². The Labute approximate surface area is 134 Å². The summed E-state index contributed by atoms with van der Waals surface area (Å²) in [7, 11) is 0. The first-order valence-corrected chi connectivity index (χ1v) is 7.95. The molecule has 0 unspecified atom stereocenters. The fourth-order valence-electron chi connectivity index (χ4n) is 3.61. The average molecular weight is 325 g/mol. The predicted octanol–water partition coefficient (Wildman–Crippen LogP) is 0.597. The van der Waals surface area contributed by atoms with Crippen LogP contribution in [0.1, 0.15) is 51.4 Å². The molecule has 0 aromatic carbocycles. The molecule has 2 fully saturated rings. The SMILES string of the molecule is NC(=O)CC[C@H](NC(=O)O)C(=O)N1CC2(CCCCC2)CC1=O. The highest BCUT2D eigenvalue weighted by Crippen LogP contribution is 2.44. The van der Waals surface area contributed by atoms with Gasteiger partial charge in [0.15, 0.2) is 0 Å². The molecular formula is C15H23N3O5. The Morgan fingerprint density at radius 2 is 1.91 bits per heavy atom. The number of hydrogen-bond donors (Lipinski definition) is 3. The highest BCUT2D eigenvalue weighted by atomic mass is 16.4. The molecule has 4 amide bonds. The van der Waals surface area contributed by atoms with Crippen LogP contribution in [0.25, 0.3) is 0 Å². The Hall–Kier alpha value is -2.12. The molecule has 8 nitrogen and oxygen atoms in total. The summed E-state index contributed by atoms with van der Waals surface area (Å²) >= 11 is 0. The van der Waals surface area contributed by atoms with Crippen LogP contribution >= 0.6 is 0 Å². The summed E-state index contributed by atoms with van der Waals surface area (Å²) < 4.78 is 0. The minimum Gasteiger partial charge on any atom is -0.465 e. The largest absolute Gasteiger partial charge is 0.465 e. The van der Waals surface area contributed by atoms with Gasteiger partial charge < -0.3 is 16.2 Å². The van der Waals surface area contributed by atoms with E-state index in [-0.39, 0.29) is 24.2 Å². The third kappa shape index (κ3) is 4.20. The molecule has 1 aliphatic carbocycles. The first-order chi connectivity index (χ1) is 10.8. The zero-order chi connectivity index (χ0) is 17.0. The molecule has 1 saturated carbocycles. The number of primary amides is 1. The van der Waals surface area contributed by atoms with E-state index in [4.69, 9.17) is 10.8 Å². The maximum atomic E-state index is 12.6. The van der Waals surface area contributed by atoms with Crippen LogP contribution in [-0.4, -0.2) is 46.4 Å². The summed E-state index contributed by atoms with van der Waals surface area (Å²) in [6.07, 6.45) is 3.89. The van der Waals surface area contributed by atoms with E-state index in [2.05, 4.69) is 5.32 Å². The highest BCUT2D eigenvalue weighted by Gasteiger charge is 2.47.